The van der Waals surface area contributed by atoms with Gasteiger partial charge < -0.3 is 4.74 Å². The van der Waals surface area contributed by atoms with Crippen LogP contribution >= 0.6 is 11.6 Å². The SMILES string of the molecule is CC[C@@](C)(N=[N+]=[N-])c1cnc(OC(C)CCS(=O)(=O)C2CC2)c2cnc(Cl)cc12. The summed E-state index contributed by atoms with van der Waals surface area (Å²) in [5.74, 6) is 0.451. The van der Waals surface area contributed by atoms with Gasteiger partial charge >= 0.3 is 0 Å². The van der Waals surface area contributed by atoms with Crippen LogP contribution in [0.1, 0.15) is 52.0 Å². The lowest BCUT2D eigenvalue weighted by molar-refractivity contribution is 0.212. The molecule has 2 aromatic rings. The van der Waals surface area contributed by atoms with Crippen LogP contribution in [0.15, 0.2) is 23.6 Å². The number of ether oxygens (including phenoxy) is 1. The number of nitrogens with zero attached hydrogens (tertiary/aromatic N) is 5. The minimum atomic E-state index is -3.04. The fraction of sp³-hybridized carbons (Fsp3) is 0.579. The highest BCUT2D eigenvalue weighted by Gasteiger charge is 2.35. The smallest absolute Gasteiger partial charge is 0.223 e. The van der Waals surface area contributed by atoms with Crippen molar-refractivity contribution in [1.29, 1.82) is 0 Å². The first-order valence-electron chi connectivity index (χ1n) is 9.59. The van der Waals surface area contributed by atoms with E-state index in [-0.39, 0.29) is 17.1 Å². The molecule has 10 heteroatoms. The maximum absolute atomic E-state index is 12.1. The molecule has 0 aromatic carbocycles. The van der Waals surface area contributed by atoms with Crippen LogP contribution in [-0.2, 0) is 15.4 Å². The number of aromatic nitrogens is 2. The lowest BCUT2D eigenvalue weighted by Gasteiger charge is -2.25. The molecule has 1 fully saturated rings. The lowest BCUT2D eigenvalue weighted by atomic mass is 9.88. The van der Waals surface area contributed by atoms with E-state index in [0.29, 0.717) is 29.3 Å². The third-order valence-corrected chi connectivity index (χ3v) is 7.89. The summed E-state index contributed by atoms with van der Waals surface area (Å²) in [7, 11) is -3.04. The van der Waals surface area contributed by atoms with E-state index in [1.54, 1.807) is 18.5 Å². The van der Waals surface area contributed by atoms with Crippen LogP contribution in [0.5, 0.6) is 5.88 Å². The van der Waals surface area contributed by atoms with Crippen molar-refractivity contribution in [2.24, 2.45) is 5.11 Å². The predicted octanol–water partition coefficient (Wildman–Crippen LogP) is 4.95. The molecule has 3 rings (SSSR count). The van der Waals surface area contributed by atoms with Gasteiger partial charge in [-0.25, -0.2) is 18.4 Å². The molecule has 8 nitrogen and oxygen atoms in total. The fourth-order valence-corrected chi connectivity index (χ4v) is 5.20. The number of azide groups is 1. The van der Waals surface area contributed by atoms with Crippen LogP contribution in [0.2, 0.25) is 5.15 Å². The molecule has 29 heavy (non-hydrogen) atoms. The van der Waals surface area contributed by atoms with Gasteiger partial charge in [-0.15, -0.1) is 0 Å². The number of pyridine rings is 2. The summed E-state index contributed by atoms with van der Waals surface area (Å²) < 4.78 is 30.2. The maximum Gasteiger partial charge on any atom is 0.223 e. The van der Waals surface area contributed by atoms with Crippen LogP contribution in [0, 0.1) is 0 Å². The largest absolute Gasteiger partial charge is 0.474 e. The molecule has 2 atom stereocenters. The van der Waals surface area contributed by atoms with E-state index < -0.39 is 15.4 Å². The summed E-state index contributed by atoms with van der Waals surface area (Å²) in [6, 6.07) is 1.70. The lowest BCUT2D eigenvalue weighted by Crippen LogP contribution is -2.21. The van der Waals surface area contributed by atoms with E-state index in [9.17, 15) is 8.42 Å². The number of hydrogen-bond donors (Lipinski definition) is 0. The van der Waals surface area contributed by atoms with Gasteiger partial charge in [0.05, 0.1) is 28.0 Å². The molecule has 1 aliphatic rings. The third-order valence-electron chi connectivity index (χ3n) is 5.39. The van der Waals surface area contributed by atoms with E-state index in [1.807, 2.05) is 20.8 Å². The van der Waals surface area contributed by atoms with Crippen LogP contribution < -0.4 is 4.74 Å². The second kappa shape index (κ2) is 8.34. The highest BCUT2D eigenvalue weighted by molar-refractivity contribution is 7.92. The van der Waals surface area contributed by atoms with E-state index in [4.69, 9.17) is 21.9 Å². The van der Waals surface area contributed by atoms with Gasteiger partial charge in [0.1, 0.15) is 5.15 Å². The van der Waals surface area contributed by atoms with Crippen molar-refractivity contribution in [3.8, 4) is 5.88 Å². The second-order valence-corrected chi connectivity index (χ2v) is 10.4. The number of hydrogen-bond acceptors (Lipinski definition) is 6. The molecule has 1 saturated carbocycles. The monoisotopic (exact) mass is 437 g/mol. The summed E-state index contributed by atoms with van der Waals surface area (Å²) >= 11 is 6.11. The Morgan fingerprint density at radius 1 is 1.38 bits per heavy atom. The van der Waals surface area contributed by atoms with Gasteiger partial charge in [-0.2, -0.15) is 0 Å². The van der Waals surface area contributed by atoms with Gasteiger partial charge in [-0.1, -0.05) is 23.6 Å². The number of rotatable bonds is 9. The van der Waals surface area contributed by atoms with Gasteiger partial charge in [-0.3, -0.25) is 0 Å². The standard InChI is InChI=1S/C19H24ClN5O3S/c1-4-19(3,24-25-21)16-11-23-18(15-10-22-17(20)9-14(15)16)28-12(2)7-8-29(26,27)13-5-6-13/h9-13H,4-8H2,1-3H3/t12?,19-/m1/s1. The molecular weight excluding hydrogens is 414 g/mol. The molecule has 0 bridgehead atoms. The van der Waals surface area contributed by atoms with Crippen LogP contribution in [0.3, 0.4) is 0 Å². The topological polar surface area (TPSA) is 118 Å². The first kappa shape index (κ1) is 21.6. The summed E-state index contributed by atoms with van der Waals surface area (Å²) in [4.78, 5) is 11.5. The molecule has 156 valence electrons. The fourth-order valence-electron chi connectivity index (χ4n) is 3.20. The Bertz CT molecular complexity index is 1070. The summed E-state index contributed by atoms with van der Waals surface area (Å²) in [6.07, 6.45) is 5.34. The highest BCUT2D eigenvalue weighted by Crippen LogP contribution is 2.38. The first-order valence-corrected chi connectivity index (χ1v) is 11.7. The van der Waals surface area contributed by atoms with Crippen molar-refractivity contribution in [2.75, 3.05) is 5.75 Å². The number of halogens is 1. The van der Waals surface area contributed by atoms with Crippen LogP contribution in [0.25, 0.3) is 21.2 Å². The quantitative estimate of drug-likeness (QED) is 0.238. The molecule has 0 radical (unpaired) electrons. The second-order valence-electron chi connectivity index (χ2n) is 7.63. The molecule has 0 amide bonds. The van der Waals surface area contributed by atoms with Gasteiger partial charge in [0.25, 0.3) is 0 Å². The molecule has 0 N–H and O–H groups in total. The number of sulfone groups is 1. The van der Waals surface area contributed by atoms with Crippen LogP contribution in [0.4, 0.5) is 0 Å². The zero-order valence-corrected chi connectivity index (χ0v) is 18.2. The molecule has 1 unspecified atom stereocenters. The van der Waals surface area contributed by atoms with Crippen molar-refractivity contribution in [1.82, 2.24) is 9.97 Å². The molecule has 2 aromatic heterocycles. The Kier molecular flexibility index (Phi) is 6.22. The Morgan fingerprint density at radius 3 is 2.72 bits per heavy atom. The van der Waals surface area contributed by atoms with E-state index >= 15 is 0 Å². The minimum Gasteiger partial charge on any atom is -0.474 e. The van der Waals surface area contributed by atoms with Gasteiger partial charge in [0.15, 0.2) is 9.84 Å². The summed E-state index contributed by atoms with van der Waals surface area (Å²) in [5, 5.41) is 5.47. The molecule has 1 aliphatic carbocycles. The van der Waals surface area contributed by atoms with Crippen molar-refractivity contribution in [3.05, 3.63) is 39.6 Å². The first-order chi connectivity index (χ1) is 13.7. The van der Waals surface area contributed by atoms with E-state index in [2.05, 4.69) is 20.0 Å². The average molecular weight is 438 g/mol. The van der Waals surface area contributed by atoms with E-state index in [1.165, 1.54) is 0 Å². The Labute approximate surface area is 175 Å². The number of fused-ring (bicyclic) bond motifs is 1. The van der Waals surface area contributed by atoms with Gasteiger partial charge in [0, 0.05) is 17.3 Å². The van der Waals surface area contributed by atoms with Crippen LogP contribution in [-0.4, -0.2) is 35.5 Å². The zero-order valence-electron chi connectivity index (χ0n) is 16.7. The zero-order chi connectivity index (χ0) is 21.2. The Hall–Kier alpha value is -2.09. The molecule has 0 spiro atoms. The summed E-state index contributed by atoms with van der Waals surface area (Å²) in [5.41, 5.74) is 8.92. The maximum atomic E-state index is 12.1. The molecule has 0 saturated heterocycles. The molecule has 0 aliphatic heterocycles. The predicted molar refractivity (Wildman–Crippen MR) is 113 cm³/mol. The minimum absolute atomic E-state index is 0.101. The molecule has 2 heterocycles. The molecular formula is C19H24ClN5O3S. The van der Waals surface area contributed by atoms with Gasteiger partial charge in [0.2, 0.25) is 5.88 Å². The van der Waals surface area contributed by atoms with E-state index in [0.717, 1.165) is 23.8 Å². The Morgan fingerprint density at radius 2 is 2.10 bits per heavy atom. The van der Waals surface area contributed by atoms with Crippen molar-refractivity contribution in [2.45, 2.75) is 63.3 Å². The van der Waals surface area contributed by atoms with Crippen molar-refractivity contribution >= 4 is 32.2 Å². The Balaban J connectivity index is 1.91. The average Bonchev–Trinajstić information content (AvgIpc) is 3.52. The highest BCUT2D eigenvalue weighted by atomic mass is 35.5. The van der Waals surface area contributed by atoms with Gasteiger partial charge in [-0.05, 0) is 62.1 Å². The van der Waals surface area contributed by atoms with Crippen molar-refractivity contribution < 1.29 is 13.2 Å². The normalized spacial score (nSPS) is 17.4. The third kappa shape index (κ3) is 4.74. The van der Waals surface area contributed by atoms with Crippen molar-refractivity contribution in [3.63, 3.8) is 0 Å². The summed E-state index contributed by atoms with van der Waals surface area (Å²) in [6.45, 7) is 5.59.